The van der Waals surface area contributed by atoms with Gasteiger partial charge in [-0.15, -0.1) is 0 Å². The minimum atomic E-state index is -0.997. The van der Waals surface area contributed by atoms with Crippen LogP contribution in [0.2, 0.25) is 25.7 Å². The number of rotatable bonds is 6. The van der Waals surface area contributed by atoms with E-state index in [-0.39, 0.29) is 0 Å². The molecular weight excluding hydrogens is 288 g/mol. The molecule has 0 amide bonds. The minimum absolute atomic E-state index is 0.479. The van der Waals surface area contributed by atoms with Crippen molar-refractivity contribution in [3.63, 3.8) is 0 Å². The highest BCUT2D eigenvalue weighted by atomic mass is 79.9. The average Bonchev–Trinajstić information content (AvgIpc) is 2.52. The molecule has 0 N–H and O–H groups in total. The maximum Gasteiger partial charge on any atom is 0.171 e. The van der Waals surface area contributed by atoms with Crippen LogP contribution >= 0.6 is 15.9 Å². The fraction of sp³-hybridized carbons (Fsp3) is 0.700. The van der Waals surface area contributed by atoms with E-state index >= 15 is 0 Å². The van der Waals surface area contributed by atoms with Crippen molar-refractivity contribution in [2.75, 3.05) is 13.7 Å². The minimum Gasteiger partial charge on any atom is -0.492 e. The van der Waals surface area contributed by atoms with Gasteiger partial charge in [0.25, 0.3) is 0 Å². The Morgan fingerprint density at radius 1 is 1.44 bits per heavy atom. The molecule has 1 aromatic heterocycles. The Morgan fingerprint density at radius 3 is 2.62 bits per heavy atom. The molecule has 0 aliphatic rings. The highest BCUT2D eigenvalue weighted by Crippen LogP contribution is 2.21. The van der Waals surface area contributed by atoms with E-state index in [1.165, 1.54) is 6.04 Å². The third kappa shape index (κ3) is 4.67. The van der Waals surface area contributed by atoms with Crippen LogP contribution in [0.4, 0.5) is 0 Å². The summed E-state index contributed by atoms with van der Waals surface area (Å²) in [6.45, 7) is 8.29. The lowest BCUT2D eigenvalue weighted by atomic mass is 10.7. The molecular formula is C10H19BrN2O2Si. The third-order valence-electron chi connectivity index (χ3n) is 2.13. The summed E-state index contributed by atoms with van der Waals surface area (Å²) in [6.07, 6.45) is 1.82. The third-order valence-corrected chi connectivity index (χ3v) is 4.38. The van der Waals surface area contributed by atoms with E-state index in [0.717, 1.165) is 12.4 Å². The Balaban J connectivity index is 2.32. The quantitative estimate of drug-likeness (QED) is 0.599. The predicted octanol–water partition coefficient (Wildman–Crippen LogP) is 2.97. The van der Waals surface area contributed by atoms with Gasteiger partial charge in [-0.3, -0.25) is 0 Å². The van der Waals surface area contributed by atoms with Gasteiger partial charge in [0.05, 0.1) is 13.3 Å². The van der Waals surface area contributed by atoms with Crippen LogP contribution in [0.5, 0.6) is 5.75 Å². The Kier molecular flexibility index (Phi) is 5.01. The standard InChI is InChI=1S/C10H19BrN2O2Si/c1-14-9-7-13(12-10(9)11)8-15-5-6-16(2,3)4/h7H,5-6,8H2,1-4H3. The summed E-state index contributed by atoms with van der Waals surface area (Å²) in [5.41, 5.74) is 0. The number of nitrogens with zero attached hydrogens (tertiary/aromatic N) is 2. The Morgan fingerprint density at radius 2 is 2.12 bits per heavy atom. The molecule has 0 fully saturated rings. The molecule has 0 saturated carbocycles. The van der Waals surface area contributed by atoms with Crippen LogP contribution in [0.1, 0.15) is 0 Å². The van der Waals surface area contributed by atoms with Crippen LogP contribution in [0.15, 0.2) is 10.8 Å². The fourth-order valence-corrected chi connectivity index (χ4v) is 2.34. The van der Waals surface area contributed by atoms with Gasteiger partial charge >= 0.3 is 0 Å². The summed E-state index contributed by atoms with van der Waals surface area (Å²) < 4.78 is 13.1. The van der Waals surface area contributed by atoms with E-state index in [2.05, 4.69) is 40.7 Å². The normalized spacial score (nSPS) is 11.8. The highest BCUT2D eigenvalue weighted by molar-refractivity contribution is 9.10. The fourth-order valence-electron chi connectivity index (χ4n) is 1.12. The van der Waals surface area contributed by atoms with Crippen molar-refractivity contribution >= 4 is 24.0 Å². The van der Waals surface area contributed by atoms with E-state index in [4.69, 9.17) is 9.47 Å². The number of halogens is 1. The molecule has 0 bridgehead atoms. The molecule has 16 heavy (non-hydrogen) atoms. The summed E-state index contributed by atoms with van der Waals surface area (Å²) in [5, 5.41) is 4.21. The van der Waals surface area contributed by atoms with Crippen LogP contribution < -0.4 is 4.74 Å². The second-order valence-electron chi connectivity index (χ2n) is 4.88. The van der Waals surface area contributed by atoms with E-state index in [1.54, 1.807) is 11.8 Å². The van der Waals surface area contributed by atoms with Crippen LogP contribution in [0.3, 0.4) is 0 Å². The van der Waals surface area contributed by atoms with Crippen molar-refractivity contribution in [3.05, 3.63) is 10.8 Å². The van der Waals surface area contributed by atoms with Gasteiger partial charge in [-0.25, -0.2) is 4.68 Å². The van der Waals surface area contributed by atoms with Crippen molar-refractivity contribution in [1.29, 1.82) is 0 Å². The first-order chi connectivity index (χ1) is 7.42. The first-order valence-electron chi connectivity index (χ1n) is 5.27. The summed E-state index contributed by atoms with van der Waals surface area (Å²) in [7, 11) is 0.627. The van der Waals surface area contributed by atoms with Crippen LogP contribution in [0, 0.1) is 0 Å². The average molecular weight is 307 g/mol. The van der Waals surface area contributed by atoms with Crippen molar-refractivity contribution in [1.82, 2.24) is 9.78 Å². The molecule has 0 aromatic carbocycles. The maximum atomic E-state index is 5.57. The number of hydrogen-bond acceptors (Lipinski definition) is 3. The van der Waals surface area contributed by atoms with Crippen LogP contribution in [0.25, 0.3) is 0 Å². The van der Waals surface area contributed by atoms with Gasteiger partial charge in [-0.05, 0) is 22.0 Å². The Labute approximate surface area is 106 Å². The molecule has 1 heterocycles. The zero-order chi connectivity index (χ0) is 12.2. The lowest BCUT2D eigenvalue weighted by Crippen LogP contribution is -2.22. The maximum absolute atomic E-state index is 5.57. The summed E-state index contributed by atoms with van der Waals surface area (Å²) in [6, 6.07) is 1.17. The van der Waals surface area contributed by atoms with Crippen LogP contribution in [-0.2, 0) is 11.5 Å². The number of ether oxygens (including phenoxy) is 2. The lowest BCUT2D eigenvalue weighted by molar-refractivity contribution is 0.0782. The van der Waals surface area contributed by atoms with Gasteiger partial charge in [0.15, 0.2) is 10.4 Å². The van der Waals surface area contributed by atoms with E-state index in [1.807, 2.05) is 6.20 Å². The van der Waals surface area contributed by atoms with Crippen molar-refractivity contribution in [2.45, 2.75) is 32.4 Å². The molecule has 0 aliphatic heterocycles. The summed E-state index contributed by atoms with van der Waals surface area (Å²) in [4.78, 5) is 0. The first-order valence-corrected chi connectivity index (χ1v) is 9.77. The van der Waals surface area contributed by atoms with Crippen molar-refractivity contribution in [2.24, 2.45) is 0 Å². The van der Waals surface area contributed by atoms with Gasteiger partial charge in [-0.2, -0.15) is 5.10 Å². The molecule has 0 unspecified atom stereocenters. The molecule has 0 aliphatic carbocycles. The monoisotopic (exact) mass is 306 g/mol. The molecule has 1 rings (SSSR count). The molecule has 1 aromatic rings. The van der Waals surface area contributed by atoms with E-state index < -0.39 is 8.07 Å². The topological polar surface area (TPSA) is 36.3 Å². The lowest BCUT2D eigenvalue weighted by Gasteiger charge is -2.15. The van der Waals surface area contributed by atoms with E-state index in [0.29, 0.717) is 11.3 Å². The molecule has 0 saturated heterocycles. The van der Waals surface area contributed by atoms with Crippen molar-refractivity contribution in [3.8, 4) is 5.75 Å². The molecule has 92 valence electrons. The van der Waals surface area contributed by atoms with Gasteiger partial charge in [-0.1, -0.05) is 19.6 Å². The highest BCUT2D eigenvalue weighted by Gasteiger charge is 2.12. The molecule has 0 spiro atoms. The van der Waals surface area contributed by atoms with Gasteiger partial charge in [0.2, 0.25) is 0 Å². The van der Waals surface area contributed by atoms with Crippen LogP contribution in [-0.4, -0.2) is 31.6 Å². The van der Waals surface area contributed by atoms with E-state index in [9.17, 15) is 0 Å². The second kappa shape index (κ2) is 5.84. The molecule has 0 atom stereocenters. The first kappa shape index (κ1) is 13.7. The largest absolute Gasteiger partial charge is 0.492 e. The van der Waals surface area contributed by atoms with Gasteiger partial charge < -0.3 is 9.47 Å². The molecule has 0 radical (unpaired) electrons. The smallest absolute Gasteiger partial charge is 0.171 e. The summed E-state index contributed by atoms with van der Waals surface area (Å²) in [5.74, 6) is 0.730. The number of hydrogen-bond donors (Lipinski definition) is 0. The summed E-state index contributed by atoms with van der Waals surface area (Å²) >= 11 is 3.31. The number of methoxy groups -OCH3 is 1. The Bertz CT molecular complexity index is 336. The zero-order valence-electron chi connectivity index (χ0n) is 10.3. The zero-order valence-corrected chi connectivity index (χ0v) is 12.9. The molecule has 6 heteroatoms. The number of aromatic nitrogens is 2. The molecule has 4 nitrogen and oxygen atoms in total. The van der Waals surface area contributed by atoms with Gasteiger partial charge in [0, 0.05) is 14.7 Å². The second-order valence-corrected chi connectivity index (χ2v) is 11.2. The van der Waals surface area contributed by atoms with Gasteiger partial charge in [0.1, 0.15) is 6.73 Å². The van der Waals surface area contributed by atoms with Crippen molar-refractivity contribution < 1.29 is 9.47 Å². The predicted molar refractivity (Wildman–Crippen MR) is 70.6 cm³/mol. The Hall–Kier alpha value is -0.333. The SMILES string of the molecule is COc1cn(COCC[Si](C)(C)C)nc1Br.